The number of rotatable bonds is 7. The summed E-state index contributed by atoms with van der Waals surface area (Å²) in [6.45, 7) is -1.24. The number of carbonyl (C=O) groups is 1. The zero-order chi connectivity index (χ0) is 26.8. The van der Waals surface area contributed by atoms with Gasteiger partial charge in [0.15, 0.2) is 16.3 Å². The van der Waals surface area contributed by atoms with Crippen LogP contribution in [0, 0.1) is 0 Å². The Morgan fingerprint density at radius 3 is 2.61 bits per heavy atom. The Bertz CT molecular complexity index is 1690. The fourth-order valence-corrected chi connectivity index (χ4v) is 6.04. The Kier molecular flexibility index (Phi) is 7.21. The first-order valence-corrected chi connectivity index (χ1v) is 13.1. The minimum Gasteiger partial charge on any atom is -0.493 e. The molecule has 0 spiro atoms. The number of carbonyl (C=O) groups excluding carboxylic acids is 1. The first-order chi connectivity index (χ1) is 18.4. The Balaban J connectivity index is 1.60. The Morgan fingerprint density at radius 1 is 1.13 bits per heavy atom. The molecule has 0 bridgehead atoms. The fraction of sp³-hybridized carbons (Fsp3) is 0.148. The maximum atomic E-state index is 13.7. The average molecular weight is 554 g/mol. The summed E-state index contributed by atoms with van der Waals surface area (Å²) >= 11 is 2.63. The van der Waals surface area contributed by atoms with Crippen molar-refractivity contribution in [2.24, 2.45) is 4.99 Å². The summed E-state index contributed by atoms with van der Waals surface area (Å²) < 4.78 is 36.9. The number of nitrogens with one attached hydrogen (secondary N) is 1. The highest BCUT2D eigenvalue weighted by atomic mass is 32.1. The van der Waals surface area contributed by atoms with Crippen LogP contribution in [-0.2, 0) is 4.79 Å². The number of nitrogens with zero attached hydrogens (tertiary/aromatic N) is 2. The van der Waals surface area contributed by atoms with Crippen molar-refractivity contribution in [3.8, 4) is 11.5 Å². The molecule has 5 rings (SSSR count). The van der Waals surface area contributed by atoms with Crippen LogP contribution in [0.4, 0.5) is 14.5 Å². The van der Waals surface area contributed by atoms with E-state index in [0.29, 0.717) is 31.9 Å². The summed E-state index contributed by atoms with van der Waals surface area (Å²) in [7, 11) is 1.34. The van der Waals surface area contributed by atoms with E-state index < -0.39 is 12.7 Å². The number of halogens is 2. The Hall–Kier alpha value is -4.09. The predicted molar refractivity (Wildman–Crippen MR) is 143 cm³/mol. The number of fused-ring (bicyclic) bond motifs is 1. The number of benzene rings is 2. The first kappa shape index (κ1) is 25.6. The smallest absolute Gasteiger partial charge is 0.387 e. The Morgan fingerprint density at radius 2 is 1.92 bits per heavy atom. The number of aromatic nitrogens is 1. The fourth-order valence-electron chi connectivity index (χ4n) is 4.17. The number of allylic oxidation sites excluding steroid dienone is 1. The van der Waals surface area contributed by atoms with E-state index >= 15 is 0 Å². The van der Waals surface area contributed by atoms with Crippen molar-refractivity contribution in [2.45, 2.75) is 19.6 Å². The maximum absolute atomic E-state index is 13.7. The van der Waals surface area contributed by atoms with Crippen molar-refractivity contribution >= 4 is 40.3 Å². The number of hydrogen-bond acceptors (Lipinski definition) is 7. The van der Waals surface area contributed by atoms with E-state index in [9.17, 15) is 18.4 Å². The zero-order valence-electron chi connectivity index (χ0n) is 20.2. The minimum atomic E-state index is -2.99. The normalized spacial score (nSPS) is 15.3. The summed E-state index contributed by atoms with van der Waals surface area (Å²) in [5, 5.41) is 4.80. The monoisotopic (exact) mass is 553 g/mol. The number of thiazole rings is 1. The van der Waals surface area contributed by atoms with Gasteiger partial charge in [-0.2, -0.15) is 8.78 Å². The second-order valence-corrected chi connectivity index (χ2v) is 10.2. The first-order valence-electron chi connectivity index (χ1n) is 11.4. The molecule has 38 heavy (non-hydrogen) atoms. The van der Waals surface area contributed by atoms with E-state index in [1.165, 1.54) is 46.5 Å². The highest BCUT2D eigenvalue weighted by molar-refractivity contribution is 7.10. The van der Waals surface area contributed by atoms with Gasteiger partial charge in [-0.05, 0) is 54.3 Å². The van der Waals surface area contributed by atoms with Gasteiger partial charge in [0.1, 0.15) is 6.04 Å². The zero-order valence-corrected chi connectivity index (χ0v) is 21.8. The number of thiophene rings is 1. The quantitative estimate of drug-likeness (QED) is 0.364. The van der Waals surface area contributed by atoms with E-state index in [-0.39, 0.29) is 23.0 Å². The molecule has 0 fully saturated rings. The van der Waals surface area contributed by atoms with Crippen LogP contribution in [0.25, 0.3) is 6.08 Å². The molecule has 0 radical (unpaired) electrons. The van der Waals surface area contributed by atoms with Gasteiger partial charge in [-0.15, -0.1) is 11.3 Å². The molecule has 1 amide bonds. The standard InChI is InChI=1S/C27H21F2N3O4S2/c1-15-22(24(33)31-17-7-4-3-5-8-17)23(20-9-6-12-37-20)32-25(34)21(38-27(32)30-15)14-16-10-11-18(36-26(28)29)19(13-16)35-2/h3-14,23,26H,1-2H3,(H,31,33)/b21-14-. The molecule has 1 aliphatic rings. The molecule has 194 valence electrons. The third-order valence-corrected chi connectivity index (χ3v) is 7.72. The van der Waals surface area contributed by atoms with Crippen LogP contribution in [0.15, 0.2) is 87.1 Å². The van der Waals surface area contributed by atoms with Gasteiger partial charge >= 0.3 is 6.61 Å². The van der Waals surface area contributed by atoms with E-state index in [4.69, 9.17) is 4.74 Å². The van der Waals surface area contributed by atoms with Crippen LogP contribution < -0.4 is 29.7 Å². The van der Waals surface area contributed by atoms with Crippen LogP contribution >= 0.6 is 22.7 Å². The van der Waals surface area contributed by atoms with E-state index in [1.54, 1.807) is 31.2 Å². The molecule has 2 aromatic carbocycles. The van der Waals surface area contributed by atoms with Crippen LogP contribution in [0.5, 0.6) is 11.5 Å². The molecule has 1 atom stereocenters. The van der Waals surface area contributed by atoms with Crippen molar-refractivity contribution < 1.29 is 23.0 Å². The van der Waals surface area contributed by atoms with Crippen molar-refractivity contribution in [2.75, 3.05) is 12.4 Å². The lowest BCUT2D eigenvalue weighted by Gasteiger charge is -2.24. The van der Waals surface area contributed by atoms with Crippen molar-refractivity contribution in [3.63, 3.8) is 0 Å². The molecule has 1 unspecified atom stereocenters. The number of hydrogen-bond donors (Lipinski definition) is 1. The van der Waals surface area contributed by atoms with E-state index in [0.717, 1.165) is 4.88 Å². The third-order valence-electron chi connectivity index (χ3n) is 5.81. The number of anilines is 1. The van der Waals surface area contributed by atoms with E-state index in [2.05, 4.69) is 15.0 Å². The summed E-state index contributed by atoms with van der Waals surface area (Å²) in [5.74, 6) is -0.341. The third kappa shape index (κ3) is 5.02. The SMILES string of the molecule is COc1cc(/C=c2\sc3n(c2=O)C(c2cccs2)C(C(=O)Nc2ccccc2)=C(C)N=3)ccc1OC(F)F. The molecule has 7 nitrogen and oxygen atoms in total. The van der Waals surface area contributed by atoms with Crippen molar-refractivity contribution in [3.05, 3.63) is 107 Å². The molecule has 0 aliphatic carbocycles. The number of amides is 1. The van der Waals surface area contributed by atoms with Crippen LogP contribution in [-0.4, -0.2) is 24.2 Å². The highest BCUT2D eigenvalue weighted by Gasteiger charge is 2.33. The number of ether oxygens (including phenoxy) is 2. The second-order valence-electron chi connectivity index (χ2n) is 8.21. The predicted octanol–water partition coefficient (Wildman–Crippen LogP) is 4.55. The van der Waals surface area contributed by atoms with Crippen LogP contribution in [0.2, 0.25) is 0 Å². The molecule has 0 saturated carbocycles. The van der Waals surface area contributed by atoms with Gasteiger partial charge in [0.25, 0.3) is 11.5 Å². The summed E-state index contributed by atoms with van der Waals surface area (Å²) in [5.41, 5.74) is 1.76. The molecule has 1 N–H and O–H groups in total. The molecule has 3 heterocycles. The van der Waals surface area contributed by atoms with Gasteiger partial charge in [-0.3, -0.25) is 14.2 Å². The maximum Gasteiger partial charge on any atom is 0.387 e. The summed E-state index contributed by atoms with van der Waals surface area (Å²) in [6, 6.07) is 16.6. The number of methoxy groups -OCH3 is 1. The van der Waals surface area contributed by atoms with Gasteiger partial charge in [0.2, 0.25) is 0 Å². The van der Waals surface area contributed by atoms with E-state index in [1.807, 2.05) is 35.7 Å². The number of para-hydroxylation sites is 1. The van der Waals surface area contributed by atoms with Crippen LogP contribution in [0.1, 0.15) is 23.4 Å². The van der Waals surface area contributed by atoms with Crippen molar-refractivity contribution in [1.82, 2.24) is 4.57 Å². The lowest BCUT2D eigenvalue weighted by Crippen LogP contribution is -2.40. The molecule has 1 aliphatic heterocycles. The number of alkyl halides is 2. The average Bonchev–Trinajstić information content (AvgIpc) is 3.53. The lowest BCUT2D eigenvalue weighted by atomic mass is 10.0. The lowest BCUT2D eigenvalue weighted by molar-refractivity contribution is -0.113. The van der Waals surface area contributed by atoms with Gasteiger partial charge in [0, 0.05) is 10.6 Å². The molecule has 2 aromatic heterocycles. The minimum absolute atomic E-state index is 0.108. The second kappa shape index (κ2) is 10.7. The van der Waals surface area contributed by atoms with Crippen molar-refractivity contribution in [1.29, 1.82) is 0 Å². The molecule has 4 aromatic rings. The van der Waals surface area contributed by atoms with Gasteiger partial charge in [-0.25, -0.2) is 4.99 Å². The largest absolute Gasteiger partial charge is 0.493 e. The van der Waals surface area contributed by atoms with Crippen LogP contribution in [0.3, 0.4) is 0 Å². The van der Waals surface area contributed by atoms with Gasteiger partial charge in [-0.1, -0.05) is 41.7 Å². The van der Waals surface area contributed by atoms with Gasteiger partial charge < -0.3 is 14.8 Å². The van der Waals surface area contributed by atoms with Gasteiger partial charge in [0.05, 0.1) is 22.9 Å². The Labute approximate surface area is 223 Å². The summed E-state index contributed by atoms with van der Waals surface area (Å²) in [4.78, 5) is 33.0. The topological polar surface area (TPSA) is 81.9 Å². The molecule has 0 saturated heterocycles. The summed E-state index contributed by atoms with van der Waals surface area (Å²) in [6.07, 6.45) is 1.63. The highest BCUT2D eigenvalue weighted by Crippen LogP contribution is 2.33. The molecular formula is C27H21F2N3O4S2. The molecular weight excluding hydrogens is 532 g/mol. The molecule has 11 heteroatoms.